The van der Waals surface area contributed by atoms with Gasteiger partial charge in [0.2, 0.25) is 5.82 Å². The quantitative estimate of drug-likeness (QED) is 0.351. The molecule has 14 heteroatoms. The number of piperazine rings is 1. The van der Waals surface area contributed by atoms with Crippen LogP contribution in [0.1, 0.15) is 54.5 Å². The van der Waals surface area contributed by atoms with Crippen LogP contribution in [0.3, 0.4) is 0 Å². The molecule has 0 saturated carbocycles. The standard InChI is InChI=1S/C29H33ClF5N7O/c1-18(2)40-11-13-42(14-12-40)24-6-3-20-22(39-24)5-4-21(30)25(20)26(43)36-17-23(41-9-7-28(31,32)8-10-41)19-15-37-27(38-16-19)29(33,34)35/h3-6,15-16,18,23H,7-14,17H2,1-2H3,(H,36,43). The maximum atomic E-state index is 13.9. The average Bonchev–Trinajstić information content (AvgIpc) is 2.97. The number of likely N-dealkylation sites (tertiary alicyclic amines) is 1. The number of anilines is 1. The molecule has 1 amide bonds. The Morgan fingerprint density at radius 3 is 2.23 bits per heavy atom. The Kier molecular flexibility index (Phi) is 9.05. The minimum atomic E-state index is -4.73. The molecule has 1 unspecified atom stereocenters. The number of carbonyl (C=O) groups is 1. The number of amides is 1. The predicted molar refractivity (Wildman–Crippen MR) is 154 cm³/mol. The summed E-state index contributed by atoms with van der Waals surface area (Å²) in [6.45, 7) is 7.73. The van der Waals surface area contributed by atoms with Crippen molar-refractivity contribution in [2.45, 2.75) is 50.9 Å². The van der Waals surface area contributed by atoms with E-state index in [1.54, 1.807) is 23.1 Å². The summed E-state index contributed by atoms with van der Waals surface area (Å²) in [5.41, 5.74) is 1.06. The first-order chi connectivity index (χ1) is 20.3. The molecule has 0 spiro atoms. The smallest absolute Gasteiger partial charge is 0.354 e. The summed E-state index contributed by atoms with van der Waals surface area (Å²) >= 11 is 6.48. The zero-order valence-corrected chi connectivity index (χ0v) is 24.6. The number of fused-ring (bicyclic) bond motifs is 1. The van der Waals surface area contributed by atoms with Gasteiger partial charge in [-0.25, -0.2) is 23.7 Å². The van der Waals surface area contributed by atoms with Crippen molar-refractivity contribution in [1.29, 1.82) is 0 Å². The van der Waals surface area contributed by atoms with Gasteiger partial charge in [-0.1, -0.05) is 11.6 Å². The fraction of sp³-hybridized carbons (Fsp3) is 0.517. The second kappa shape index (κ2) is 12.4. The van der Waals surface area contributed by atoms with Crippen LogP contribution >= 0.6 is 11.6 Å². The maximum Gasteiger partial charge on any atom is 0.451 e. The van der Waals surface area contributed by atoms with Crippen LogP contribution in [0.5, 0.6) is 0 Å². The first-order valence-electron chi connectivity index (χ1n) is 14.2. The number of piperidine rings is 1. The van der Waals surface area contributed by atoms with Crippen LogP contribution in [0.15, 0.2) is 36.7 Å². The molecule has 4 heterocycles. The molecule has 2 aromatic heterocycles. The summed E-state index contributed by atoms with van der Waals surface area (Å²) in [4.78, 5) is 31.5. The molecule has 2 fully saturated rings. The normalized spacial score (nSPS) is 19.1. The van der Waals surface area contributed by atoms with Crippen molar-refractivity contribution in [3.8, 4) is 0 Å². The van der Waals surface area contributed by atoms with Crippen LogP contribution in [0.25, 0.3) is 10.9 Å². The van der Waals surface area contributed by atoms with Gasteiger partial charge in [0.25, 0.3) is 11.8 Å². The minimum Gasteiger partial charge on any atom is -0.354 e. The van der Waals surface area contributed by atoms with Gasteiger partial charge in [0, 0.05) is 88.0 Å². The van der Waals surface area contributed by atoms with E-state index in [0.29, 0.717) is 16.9 Å². The van der Waals surface area contributed by atoms with E-state index in [0.717, 1.165) is 44.4 Å². The van der Waals surface area contributed by atoms with Crippen molar-refractivity contribution in [3.63, 3.8) is 0 Å². The Bertz CT molecular complexity index is 1440. The number of pyridine rings is 1. The number of nitrogens with one attached hydrogen (secondary N) is 1. The van der Waals surface area contributed by atoms with Crippen molar-refractivity contribution in [2.24, 2.45) is 0 Å². The van der Waals surface area contributed by atoms with Crippen LogP contribution in [-0.4, -0.2) is 88.4 Å². The zero-order valence-electron chi connectivity index (χ0n) is 23.8. The highest BCUT2D eigenvalue weighted by Crippen LogP contribution is 2.33. The molecule has 8 nitrogen and oxygen atoms in total. The highest BCUT2D eigenvalue weighted by molar-refractivity contribution is 6.35. The molecule has 5 rings (SSSR count). The third kappa shape index (κ3) is 7.15. The van der Waals surface area contributed by atoms with E-state index in [-0.39, 0.29) is 35.8 Å². The number of nitrogens with zero attached hydrogens (tertiary/aromatic N) is 6. The molecular weight excluding hydrogens is 593 g/mol. The molecule has 43 heavy (non-hydrogen) atoms. The fourth-order valence-corrected chi connectivity index (χ4v) is 5.85. The van der Waals surface area contributed by atoms with E-state index < -0.39 is 42.7 Å². The van der Waals surface area contributed by atoms with E-state index in [1.807, 2.05) is 6.07 Å². The second-order valence-electron chi connectivity index (χ2n) is 11.2. The summed E-state index contributed by atoms with van der Waals surface area (Å²) in [5, 5.41) is 3.56. The maximum absolute atomic E-state index is 13.9. The fourth-order valence-electron chi connectivity index (χ4n) is 5.60. The number of carbonyl (C=O) groups excluding carboxylic acids is 1. The Morgan fingerprint density at radius 1 is 0.977 bits per heavy atom. The highest BCUT2D eigenvalue weighted by Gasteiger charge is 2.38. The number of halogens is 6. The highest BCUT2D eigenvalue weighted by atomic mass is 35.5. The van der Waals surface area contributed by atoms with Crippen molar-refractivity contribution >= 4 is 34.2 Å². The number of aromatic nitrogens is 3. The molecule has 3 aromatic rings. The number of rotatable bonds is 7. The van der Waals surface area contributed by atoms with Gasteiger partial charge in [0.05, 0.1) is 22.1 Å². The lowest BCUT2D eigenvalue weighted by Gasteiger charge is -2.37. The van der Waals surface area contributed by atoms with Crippen molar-refractivity contribution in [3.05, 3.63) is 58.6 Å². The molecule has 1 aromatic carbocycles. The van der Waals surface area contributed by atoms with Crippen molar-refractivity contribution in [1.82, 2.24) is 30.1 Å². The predicted octanol–water partition coefficient (Wildman–Crippen LogP) is 5.43. The van der Waals surface area contributed by atoms with Gasteiger partial charge in [-0.2, -0.15) is 13.2 Å². The van der Waals surface area contributed by atoms with Crippen molar-refractivity contribution in [2.75, 3.05) is 50.7 Å². The van der Waals surface area contributed by atoms with Gasteiger partial charge in [0.1, 0.15) is 5.82 Å². The lowest BCUT2D eigenvalue weighted by atomic mass is 10.0. The molecule has 2 aliphatic heterocycles. The Morgan fingerprint density at radius 2 is 1.63 bits per heavy atom. The van der Waals surface area contributed by atoms with Crippen LogP contribution < -0.4 is 10.2 Å². The Labute approximate surface area is 251 Å². The van der Waals surface area contributed by atoms with Crippen LogP contribution in [-0.2, 0) is 6.18 Å². The lowest BCUT2D eigenvalue weighted by molar-refractivity contribution is -0.145. The number of alkyl halides is 5. The molecule has 0 radical (unpaired) electrons. The van der Waals surface area contributed by atoms with Gasteiger partial charge >= 0.3 is 6.18 Å². The Balaban J connectivity index is 1.35. The molecule has 1 atom stereocenters. The van der Waals surface area contributed by atoms with Gasteiger partial charge in [-0.3, -0.25) is 14.6 Å². The first-order valence-corrected chi connectivity index (χ1v) is 14.6. The van der Waals surface area contributed by atoms with E-state index in [1.165, 1.54) is 0 Å². The number of hydrogen-bond acceptors (Lipinski definition) is 7. The molecule has 232 valence electrons. The molecule has 0 bridgehead atoms. The van der Waals surface area contributed by atoms with Crippen LogP contribution in [0.4, 0.5) is 27.8 Å². The summed E-state index contributed by atoms with van der Waals surface area (Å²) in [6.07, 6.45) is -3.49. The topological polar surface area (TPSA) is 77.5 Å². The lowest BCUT2D eigenvalue weighted by Crippen LogP contribution is -2.49. The second-order valence-corrected chi connectivity index (χ2v) is 11.6. The summed E-state index contributed by atoms with van der Waals surface area (Å²) in [6, 6.07) is 6.75. The van der Waals surface area contributed by atoms with Gasteiger partial charge in [-0.15, -0.1) is 0 Å². The monoisotopic (exact) mass is 625 g/mol. The van der Waals surface area contributed by atoms with E-state index >= 15 is 0 Å². The summed E-state index contributed by atoms with van der Waals surface area (Å²) in [7, 11) is 0. The molecule has 2 saturated heterocycles. The number of hydrogen-bond donors (Lipinski definition) is 1. The van der Waals surface area contributed by atoms with E-state index in [4.69, 9.17) is 16.6 Å². The largest absolute Gasteiger partial charge is 0.451 e. The van der Waals surface area contributed by atoms with Crippen molar-refractivity contribution < 1.29 is 26.7 Å². The average molecular weight is 626 g/mol. The van der Waals surface area contributed by atoms with Gasteiger partial charge in [0.15, 0.2) is 0 Å². The minimum absolute atomic E-state index is 0.0122. The third-order valence-corrected chi connectivity index (χ3v) is 8.45. The van der Waals surface area contributed by atoms with Gasteiger partial charge in [-0.05, 0) is 38.1 Å². The van der Waals surface area contributed by atoms with Gasteiger partial charge < -0.3 is 10.2 Å². The third-order valence-electron chi connectivity index (χ3n) is 8.14. The molecule has 0 aliphatic carbocycles. The zero-order chi connectivity index (χ0) is 30.9. The van der Waals surface area contributed by atoms with E-state index in [9.17, 15) is 26.7 Å². The van der Waals surface area contributed by atoms with E-state index in [2.05, 4.69) is 38.9 Å². The summed E-state index contributed by atoms with van der Waals surface area (Å²) in [5.74, 6) is -3.85. The number of benzene rings is 1. The molecular formula is C29H33ClF5N7O. The SMILES string of the molecule is CC(C)N1CCN(c2ccc3c(C(=O)NCC(c4cnc(C(F)(F)F)nc4)N4CCC(F)(F)CC4)c(Cl)ccc3n2)CC1. The summed E-state index contributed by atoms with van der Waals surface area (Å²) < 4.78 is 66.9. The van der Waals surface area contributed by atoms with Crippen LogP contribution in [0, 0.1) is 0 Å². The first kappa shape index (κ1) is 31.3. The Hall–Kier alpha value is -3.16. The van der Waals surface area contributed by atoms with Crippen LogP contribution in [0.2, 0.25) is 5.02 Å². The molecule has 2 aliphatic rings. The molecule has 1 N–H and O–H groups in total.